The second kappa shape index (κ2) is 5.60. The normalized spacial score (nSPS) is 12.2. The van der Waals surface area contributed by atoms with Crippen molar-refractivity contribution in [1.82, 2.24) is 0 Å². The van der Waals surface area contributed by atoms with Crippen molar-refractivity contribution in [3.8, 4) is 11.5 Å². The summed E-state index contributed by atoms with van der Waals surface area (Å²) < 4.78 is 16.2. The fourth-order valence-corrected chi connectivity index (χ4v) is 1.61. The van der Waals surface area contributed by atoms with E-state index in [-0.39, 0.29) is 6.04 Å². The third kappa shape index (κ3) is 3.05. The van der Waals surface area contributed by atoms with Crippen LogP contribution in [-0.2, 0) is 0 Å². The first-order valence-electron chi connectivity index (χ1n) is 5.78. The molecule has 1 aromatic heterocycles. The average Bonchev–Trinajstić information content (AvgIpc) is 2.83. The van der Waals surface area contributed by atoms with Gasteiger partial charge in [0.2, 0.25) is 0 Å². The Morgan fingerprint density at radius 1 is 1.22 bits per heavy atom. The quantitative estimate of drug-likeness (QED) is 0.882. The van der Waals surface area contributed by atoms with Gasteiger partial charge < -0.3 is 19.6 Å². The van der Waals surface area contributed by atoms with Crippen LogP contribution in [0.15, 0.2) is 40.8 Å². The molecule has 0 amide bonds. The molecule has 18 heavy (non-hydrogen) atoms. The molecule has 2 N–H and O–H groups in total. The first kappa shape index (κ1) is 12.5. The number of nitrogens with two attached hydrogens (primary N) is 1. The van der Waals surface area contributed by atoms with Gasteiger partial charge in [-0.15, -0.1) is 0 Å². The van der Waals surface area contributed by atoms with Crippen LogP contribution >= 0.6 is 0 Å². The van der Waals surface area contributed by atoms with Crippen LogP contribution in [0.1, 0.15) is 17.6 Å². The molecule has 1 unspecified atom stereocenters. The van der Waals surface area contributed by atoms with Gasteiger partial charge in [-0.3, -0.25) is 0 Å². The Hall–Kier alpha value is -1.94. The van der Waals surface area contributed by atoms with E-state index in [1.54, 1.807) is 7.11 Å². The van der Waals surface area contributed by atoms with E-state index in [2.05, 4.69) is 0 Å². The monoisotopic (exact) mass is 247 g/mol. The van der Waals surface area contributed by atoms with Crippen LogP contribution < -0.4 is 15.2 Å². The molecule has 0 saturated carbocycles. The lowest BCUT2D eigenvalue weighted by Crippen LogP contribution is -2.18. The Bertz CT molecular complexity index is 507. The van der Waals surface area contributed by atoms with Crippen LogP contribution in [0.25, 0.3) is 0 Å². The third-order valence-corrected chi connectivity index (χ3v) is 2.60. The van der Waals surface area contributed by atoms with Crippen LogP contribution in [0.3, 0.4) is 0 Å². The second-order valence-corrected chi connectivity index (χ2v) is 4.04. The molecule has 0 fully saturated rings. The van der Waals surface area contributed by atoms with Gasteiger partial charge in [0, 0.05) is 6.07 Å². The van der Waals surface area contributed by atoms with Gasteiger partial charge in [-0.05, 0) is 31.2 Å². The molecule has 1 aromatic carbocycles. The summed E-state index contributed by atoms with van der Waals surface area (Å²) in [6, 6.07) is 10.9. The van der Waals surface area contributed by atoms with E-state index >= 15 is 0 Å². The summed E-state index contributed by atoms with van der Waals surface area (Å²) in [4.78, 5) is 0. The number of methoxy groups -OCH3 is 1. The lowest BCUT2D eigenvalue weighted by atomic mass is 10.2. The van der Waals surface area contributed by atoms with Crippen molar-refractivity contribution in [2.24, 2.45) is 5.73 Å². The number of ether oxygens (including phenoxy) is 2. The minimum atomic E-state index is -0.273. The molecular formula is C14H17NO3. The molecule has 0 radical (unpaired) electrons. The molecule has 2 rings (SSSR count). The fraction of sp³-hybridized carbons (Fsp3) is 0.286. The zero-order valence-corrected chi connectivity index (χ0v) is 10.6. The lowest BCUT2D eigenvalue weighted by Gasteiger charge is -2.11. The molecule has 0 saturated heterocycles. The van der Waals surface area contributed by atoms with Crippen molar-refractivity contribution >= 4 is 0 Å². The van der Waals surface area contributed by atoms with Crippen LogP contribution in [0.2, 0.25) is 0 Å². The summed E-state index contributed by atoms with van der Waals surface area (Å²) in [6.07, 6.45) is 0. The summed E-state index contributed by atoms with van der Waals surface area (Å²) in [5, 5.41) is 0. The first-order valence-corrected chi connectivity index (χ1v) is 5.78. The van der Waals surface area contributed by atoms with Crippen molar-refractivity contribution in [2.75, 3.05) is 13.7 Å². The van der Waals surface area contributed by atoms with Gasteiger partial charge in [0.15, 0.2) is 0 Å². The highest BCUT2D eigenvalue weighted by molar-refractivity contribution is 5.32. The maximum absolute atomic E-state index is 5.98. The highest BCUT2D eigenvalue weighted by atomic mass is 16.5. The fourth-order valence-electron chi connectivity index (χ4n) is 1.61. The highest BCUT2D eigenvalue weighted by Gasteiger charge is 2.11. The Morgan fingerprint density at radius 3 is 2.67 bits per heavy atom. The van der Waals surface area contributed by atoms with Gasteiger partial charge in [-0.2, -0.15) is 0 Å². The first-order chi connectivity index (χ1) is 8.69. The van der Waals surface area contributed by atoms with Crippen molar-refractivity contribution in [2.45, 2.75) is 13.0 Å². The minimum Gasteiger partial charge on any atom is -0.497 e. The Morgan fingerprint density at radius 2 is 2.00 bits per heavy atom. The molecule has 2 aromatic rings. The summed E-state index contributed by atoms with van der Waals surface area (Å²) in [5.74, 6) is 3.07. The number of rotatable bonds is 5. The Balaban J connectivity index is 1.94. The van der Waals surface area contributed by atoms with E-state index in [0.29, 0.717) is 6.61 Å². The Kier molecular flexibility index (Phi) is 3.89. The van der Waals surface area contributed by atoms with Crippen LogP contribution in [-0.4, -0.2) is 13.7 Å². The molecule has 4 heteroatoms. The van der Waals surface area contributed by atoms with Crippen molar-refractivity contribution < 1.29 is 13.9 Å². The van der Waals surface area contributed by atoms with Crippen molar-refractivity contribution in [1.29, 1.82) is 0 Å². The largest absolute Gasteiger partial charge is 0.497 e. The molecule has 0 aliphatic carbocycles. The number of benzene rings is 1. The van der Waals surface area contributed by atoms with Gasteiger partial charge >= 0.3 is 0 Å². The summed E-state index contributed by atoms with van der Waals surface area (Å²) >= 11 is 0. The van der Waals surface area contributed by atoms with E-state index in [9.17, 15) is 0 Å². The number of hydrogen-bond donors (Lipinski definition) is 1. The molecular weight excluding hydrogens is 230 g/mol. The zero-order chi connectivity index (χ0) is 13.0. The molecule has 96 valence electrons. The lowest BCUT2D eigenvalue weighted by molar-refractivity contribution is 0.270. The molecule has 4 nitrogen and oxygen atoms in total. The smallest absolute Gasteiger partial charge is 0.124 e. The van der Waals surface area contributed by atoms with Crippen molar-refractivity contribution in [3.63, 3.8) is 0 Å². The van der Waals surface area contributed by atoms with E-state index in [4.69, 9.17) is 19.6 Å². The summed E-state index contributed by atoms with van der Waals surface area (Å²) in [7, 11) is 1.62. The standard InChI is InChI=1S/C14H17NO3/c1-10-6-7-14(18-10)13(15)9-17-12-5-3-4-11(8-12)16-2/h3-8,13H,9,15H2,1-2H3. The minimum absolute atomic E-state index is 0.273. The maximum atomic E-state index is 5.98. The summed E-state index contributed by atoms with van der Waals surface area (Å²) in [6.45, 7) is 2.25. The maximum Gasteiger partial charge on any atom is 0.124 e. The van der Waals surface area contributed by atoms with Gasteiger partial charge in [0.25, 0.3) is 0 Å². The number of hydrogen-bond acceptors (Lipinski definition) is 4. The third-order valence-electron chi connectivity index (χ3n) is 2.60. The van der Waals surface area contributed by atoms with E-state index in [0.717, 1.165) is 23.0 Å². The van der Waals surface area contributed by atoms with E-state index in [1.807, 2.05) is 43.3 Å². The van der Waals surface area contributed by atoms with Gasteiger partial charge in [0.1, 0.15) is 29.6 Å². The highest BCUT2D eigenvalue weighted by Crippen LogP contribution is 2.21. The summed E-state index contributed by atoms with van der Waals surface area (Å²) in [5.41, 5.74) is 5.98. The average molecular weight is 247 g/mol. The Labute approximate surface area is 106 Å². The molecule has 0 aliphatic rings. The van der Waals surface area contributed by atoms with Crippen LogP contribution in [0.5, 0.6) is 11.5 Å². The van der Waals surface area contributed by atoms with E-state index < -0.39 is 0 Å². The second-order valence-electron chi connectivity index (χ2n) is 4.04. The molecule has 1 atom stereocenters. The van der Waals surface area contributed by atoms with E-state index in [1.165, 1.54) is 0 Å². The molecule has 0 aliphatic heterocycles. The molecule has 0 bridgehead atoms. The predicted octanol–water partition coefficient (Wildman–Crippen LogP) is 2.68. The zero-order valence-electron chi connectivity index (χ0n) is 10.6. The van der Waals surface area contributed by atoms with Gasteiger partial charge in [0.05, 0.1) is 13.2 Å². The molecule has 1 heterocycles. The van der Waals surface area contributed by atoms with Gasteiger partial charge in [-0.25, -0.2) is 0 Å². The number of aryl methyl sites for hydroxylation is 1. The SMILES string of the molecule is COc1cccc(OCC(N)c2ccc(C)o2)c1. The predicted molar refractivity (Wildman–Crippen MR) is 68.9 cm³/mol. The van der Waals surface area contributed by atoms with Crippen LogP contribution in [0, 0.1) is 6.92 Å². The van der Waals surface area contributed by atoms with Crippen molar-refractivity contribution in [3.05, 3.63) is 47.9 Å². The number of furan rings is 1. The molecule has 0 spiro atoms. The van der Waals surface area contributed by atoms with Crippen LogP contribution in [0.4, 0.5) is 0 Å². The topological polar surface area (TPSA) is 57.6 Å². The van der Waals surface area contributed by atoms with Gasteiger partial charge in [-0.1, -0.05) is 6.07 Å².